The van der Waals surface area contributed by atoms with Gasteiger partial charge in [-0.25, -0.2) is 8.78 Å². The molecule has 0 aliphatic rings. The molecule has 1 atom stereocenters. The van der Waals surface area contributed by atoms with Crippen molar-refractivity contribution in [3.63, 3.8) is 0 Å². The van der Waals surface area contributed by atoms with Crippen molar-refractivity contribution in [2.24, 2.45) is 0 Å². The fraction of sp³-hybridized carbons (Fsp3) is 0.111. The third-order valence-electron chi connectivity index (χ3n) is 3.57. The molecule has 0 fully saturated rings. The smallest absolute Gasteiger partial charge is 0.313 e. The molecule has 140 valence electrons. The van der Waals surface area contributed by atoms with E-state index in [1.54, 1.807) is 12.1 Å². The molecule has 3 rings (SSSR count). The zero-order chi connectivity index (χ0) is 19.4. The Balaban J connectivity index is 1.54. The monoisotopic (exact) mass is 408 g/mol. The van der Waals surface area contributed by atoms with Crippen molar-refractivity contribution < 1.29 is 23.5 Å². The van der Waals surface area contributed by atoms with Gasteiger partial charge in [-0.1, -0.05) is 6.07 Å². The molecule has 2 amide bonds. The van der Waals surface area contributed by atoms with Gasteiger partial charge >= 0.3 is 11.8 Å². The van der Waals surface area contributed by atoms with E-state index in [1.807, 2.05) is 17.5 Å². The summed E-state index contributed by atoms with van der Waals surface area (Å²) in [5.41, 5.74) is -0.0217. The summed E-state index contributed by atoms with van der Waals surface area (Å²) in [6, 6.07) is 10.00. The summed E-state index contributed by atoms with van der Waals surface area (Å²) in [5, 5.41) is 16.8. The highest BCUT2D eigenvalue weighted by molar-refractivity contribution is 7.12. The van der Waals surface area contributed by atoms with Crippen LogP contribution in [0.4, 0.5) is 14.5 Å². The third-order valence-corrected chi connectivity index (χ3v) is 5.63. The lowest BCUT2D eigenvalue weighted by Crippen LogP contribution is -2.34. The topological polar surface area (TPSA) is 78.4 Å². The summed E-state index contributed by atoms with van der Waals surface area (Å²) in [6.07, 6.45) is -0.726. The molecular weight excluding hydrogens is 394 g/mol. The highest BCUT2D eigenvalue weighted by Crippen LogP contribution is 2.30. The first-order chi connectivity index (χ1) is 12.9. The molecule has 27 heavy (non-hydrogen) atoms. The van der Waals surface area contributed by atoms with Crippen LogP contribution in [0.1, 0.15) is 20.7 Å². The molecule has 3 aromatic rings. The number of aliphatic hydroxyl groups excluding tert-OH is 1. The maximum absolute atomic E-state index is 13.1. The van der Waals surface area contributed by atoms with Crippen LogP contribution in [0.5, 0.6) is 0 Å². The van der Waals surface area contributed by atoms with E-state index < -0.39 is 29.6 Å². The van der Waals surface area contributed by atoms with Crippen LogP contribution in [0, 0.1) is 11.6 Å². The number of rotatable bonds is 5. The van der Waals surface area contributed by atoms with Crippen molar-refractivity contribution >= 4 is 40.2 Å². The van der Waals surface area contributed by atoms with E-state index in [2.05, 4.69) is 10.6 Å². The van der Waals surface area contributed by atoms with Crippen molar-refractivity contribution in [1.82, 2.24) is 5.32 Å². The SMILES string of the molecule is O=C(NCc1ccc(C(O)c2cccs2)s1)C(=O)Nc1ccc(F)c(F)c1. The molecule has 0 saturated heterocycles. The summed E-state index contributed by atoms with van der Waals surface area (Å²) in [6.45, 7) is 0.103. The molecule has 1 unspecified atom stereocenters. The first-order valence-corrected chi connectivity index (χ1v) is 9.48. The molecule has 0 spiro atoms. The molecule has 0 aliphatic heterocycles. The quantitative estimate of drug-likeness (QED) is 0.566. The number of hydrogen-bond acceptors (Lipinski definition) is 5. The van der Waals surface area contributed by atoms with Gasteiger partial charge in [0.1, 0.15) is 6.10 Å². The van der Waals surface area contributed by atoms with E-state index in [9.17, 15) is 23.5 Å². The Kier molecular flexibility index (Phi) is 5.94. The second kappa shape index (κ2) is 8.38. The first kappa shape index (κ1) is 19.2. The second-order valence-corrected chi connectivity index (χ2v) is 7.67. The number of amides is 2. The molecular formula is C18H14F2N2O3S2. The number of nitrogens with one attached hydrogen (secondary N) is 2. The van der Waals surface area contributed by atoms with E-state index in [1.165, 1.54) is 22.7 Å². The molecule has 1 aromatic carbocycles. The van der Waals surface area contributed by atoms with Crippen molar-refractivity contribution in [3.05, 3.63) is 74.1 Å². The van der Waals surface area contributed by atoms with E-state index in [0.29, 0.717) is 0 Å². The van der Waals surface area contributed by atoms with Gasteiger partial charge in [-0.3, -0.25) is 9.59 Å². The fourth-order valence-electron chi connectivity index (χ4n) is 2.23. The zero-order valence-corrected chi connectivity index (χ0v) is 15.4. The maximum Gasteiger partial charge on any atom is 0.313 e. The summed E-state index contributed by atoms with van der Waals surface area (Å²) >= 11 is 2.76. The van der Waals surface area contributed by atoms with Gasteiger partial charge in [0.05, 0.1) is 6.54 Å². The Hall–Kier alpha value is -2.62. The van der Waals surface area contributed by atoms with Gasteiger partial charge in [-0.2, -0.15) is 0 Å². The van der Waals surface area contributed by atoms with Crippen molar-refractivity contribution in [2.75, 3.05) is 5.32 Å². The second-order valence-electron chi connectivity index (χ2n) is 5.49. The van der Waals surface area contributed by atoms with Crippen LogP contribution in [-0.2, 0) is 16.1 Å². The van der Waals surface area contributed by atoms with Gasteiger partial charge in [0.2, 0.25) is 0 Å². The van der Waals surface area contributed by atoms with Crippen LogP contribution < -0.4 is 10.6 Å². The lowest BCUT2D eigenvalue weighted by atomic mass is 10.2. The molecule has 5 nitrogen and oxygen atoms in total. The number of carbonyl (C=O) groups is 2. The van der Waals surface area contributed by atoms with Gasteiger partial charge in [0.25, 0.3) is 0 Å². The molecule has 0 aliphatic carbocycles. The number of hydrogen-bond donors (Lipinski definition) is 3. The normalized spacial score (nSPS) is 11.8. The lowest BCUT2D eigenvalue weighted by molar-refractivity contribution is -0.136. The molecule has 3 N–H and O–H groups in total. The van der Waals surface area contributed by atoms with Crippen molar-refractivity contribution in [3.8, 4) is 0 Å². The Morgan fingerprint density at radius 1 is 1.04 bits per heavy atom. The number of thiophene rings is 2. The lowest BCUT2D eigenvalue weighted by Gasteiger charge is -2.06. The van der Waals surface area contributed by atoms with E-state index in [4.69, 9.17) is 0 Å². The number of anilines is 1. The van der Waals surface area contributed by atoms with Gasteiger partial charge < -0.3 is 15.7 Å². The Labute approximate surface area is 161 Å². The first-order valence-electron chi connectivity index (χ1n) is 7.78. The van der Waals surface area contributed by atoms with E-state index in [0.717, 1.165) is 32.8 Å². The average molecular weight is 408 g/mol. The fourth-order valence-corrected chi connectivity index (χ4v) is 3.99. The molecule has 9 heteroatoms. The highest BCUT2D eigenvalue weighted by atomic mass is 32.1. The molecule has 0 bridgehead atoms. The van der Waals surface area contributed by atoms with Gasteiger partial charge in [0, 0.05) is 26.4 Å². The summed E-state index contributed by atoms with van der Waals surface area (Å²) in [7, 11) is 0. The molecule has 0 radical (unpaired) electrons. The van der Waals surface area contributed by atoms with Crippen molar-refractivity contribution in [1.29, 1.82) is 0 Å². The Bertz CT molecular complexity index is 957. The summed E-state index contributed by atoms with van der Waals surface area (Å²) < 4.78 is 26.0. The van der Waals surface area contributed by atoms with Gasteiger partial charge in [-0.15, -0.1) is 22.7 Å². The molecule has 2 heterocycles. The van der Waals surface area contributed by atoms with E-state index in [-0.39, 0.29) is 12.2 Å². The van der Waals surface area contributed by atoms with Crippen LogP contribution in [0.15, 0.2) is 47.8 Å². The third kappa shape index (κ3) is 4.76. The average Bonchev–Trinajstić information content (AvgIpc) is 3.34. The van der Waals surface area contributed by atoms with Crippen LogP contribution in [-0.4, -0.2) is 16.9 Å². The predicted octanol–water partition coefficient (Wildman–Crippen LogP) is 3.42. The van der Waals surface area contributed by atoms with Gasteiger partial charge in [-0.05, 0) is 35.7 Å². The number of benzene rings is 1. The summed E-state index contributed by atoms with van der Waals surface area (Å²) in [4.78, 5) is 26.0. The van der Waals surface area contributed by atoms with E-state index >= 15 is 0 Å². The zero-order valence-electron chi connectivity index (χ0n) is 13.7. The minimum Gasteiger partial charge on any atom is -0.382 e. The minimum atomic E-state index is -1.12. The highest BCUT2D eigenvalue weighted by Gasteiger charge is 2.17. The summed E-state index contributed by atoms with van der Waals surface area (Å²) in [5.74, 6) is -4.07. The largest absolute Gasteiger partial charge is 0.382 e. The molecule has 0 saturated carbocycles. The van der Waals surface area contributed by atoms with Gasteiger partial charge in [0.15, 0.2) is 11.6 Å². The Morgan fingerprint density at radius 2 is 1.85 bits per heavy atom. The van der Waals surface area contributed by atoms with Crippen LogP contribution in [0.3, 0.4) is 0 Å². The predicted molar refractivity (Wildman–Crippen MR) is 99.5 cm³/mol. The molecule has 2 aromatic heterocycles. The van der Waals surface area contributed by atoms with Crippen molar-refractivity contribution in [2.45, 2.75) is 12.6 Å². The van der Waals surface area contributed by atoms with Crippen LogP contribution >= 0.6 is 22.7 Å². The van der Waals surface area contributed by atoms with Crippen LogP contribution in [0.2, 0.25) is 0 Å². The Morgan fingerprint density at radius 3 is 2.56 bits per heavy atom. The number of carbonyl (C=O) groups excluding carboxylic acids is 2. The maximum atomic E-state index is 13.1. The number of aliphatic hydroxyl groups is 1. The standard InChI is InChI=1S/C18H14F2N2O3S2/c19-12-5-3-10(8-13(12)20)22-18(25)17(24)21-9-11-4-6-15(27-11)16(23)14-2-1-7-26-14/h1-8,16,23H,9H2,(H,21,24)(H,22,25). The number of halogens is 2. The minimum absolute atomic E-state index is 0.0217. The van der Waals surface area contributed by atoms with Crippen LogP contribution in [0.25, 0.3) is 0 Å².